The predicted molar refractivity (Wildman–Crippen MR) is 77.8 cm³/mol. The van der Waals surface area contributed by atoms with Crippen LogP contribution in [-0.4, -0.2) is 42.8 Å². The van der Waals surface area contributed by atoms with E-state index in [1.807, 2.05) is 41.9 Å². The molecule has 3 rings (SSSR count). The molecule has 106 valence electrons. The Morgan fingerprint density at radius 3 is 2.95 bits per heavy atom. The minimum Gasteiger partial charge on any atom is -0.378 e. The van der Waals surface area contributed by atoms with Crippen molar-refractivity contribution < 1.29 is 9.53 Å². The first-order valence-corrected chi connectivity index (χ1v) is 6.79. The highest BCUT2D eigenvalue weighted by molar-refractivity contribution is 5.98. The summed E-state index contributed by atoms with van der Waals surface area (Å²) in [6, 6.07) is 9.93. The first-order chi connectivity index (χ1) is 9.70. The van der Waals surface area contributed by atoms with Gasteiger partial charge in [-0.1, -0.05) is 18.2 Å². The molecule has 1 aliphatic rings. The Balaban J connectivity index is 1.84. The van der Waals surface area contributed by atoms with Crippen LogP contribution < -0.4 is 10.6 Å². The number of nitrogens with one attached hydrogen (secondary N) is 2. The zero-order valence-electron chi connectivity index (χ0n) is 11.7. The third-order valence-corrected chi connectivity index (χ3v) is 3.96. The molecule has 20 heavy (non-hydrogen) atoms. The maximum Gasteiger partial charge on any atom is 0.268 e. The summed E-state index contributed by atoms with van der Waals surface area (Å²) in [6.45, 7) is 1.52. The number of hydrogen-bond acceptors (Lipinski definition) is 3. The van der Waals surface area contributed by atoms with E-state index in [2.05, 4.69) is 10.6 Å². The number of carbonyl (C=O) groups excluding carboxylic acids is 1. The van der Waals surface area contributed by atoms with Crippen molar-refractivity contribution in [1.29, 1.82) is 0 Å². The number of rotatable bonds is 3. The number of methoxy groups -OCH3 is 1. The molecule has 1 amide bonds. The van der Waals surface area contributed by atoms with Crippen molar-refractivity contribution >= 4 is 16.8 Å². The van der Waals surface area contributed by atoms with Crippen molar-refractivity contribution in [2.75, 3.05) is 20.2 Å². The summed E-state index contributed by atoms with van der Waals surface area (Å²) in [5.41, 5.74) is 1.73. The number of hydrogen-bond donors (Lipinski definition) is 2. The van der Waals surface area contributed by atoms with Crippen molar-refractivity contribution in [1.82, 2.24) is 15.2 Å². The molecule has 5 heteroatoms. The van der Waals surface area contributed by atoms with Gasteiger partial charge in [0.1, 0.15) is 5.69 Å². The number of carbonyl (C=O) groups is 1. The van der Waals surface area contributed by atoms with E-state index < -0.39 is 0 Å². The second-order valence-electron chi connectivity index (χ2n) is 5.16. The molecule has 0 radical (unpaired) electrons. The van der Waals surface area contributed by atoms with E-state index in [-0.39, 0.29) is 18.1 Å². The molecule has 1 aliphatic heterocycles. The van der Waals surface area contributed by atoms with Crippen LogP contribution in [0.15, 0.2) is 30.3 Å². The van der Waals surface area contributed by atoms with Crippen LogP contribution in [0.5, 0.6) is 0 Å². The zero-order valence-corrected chi connectivity index (χ0v) is 11.7. The third kappa shape index (κ3) is 2.19. The SMILES string of the molecule is CO[C@H]1CNC[C@H]1NC(=O)c1cc2ccccc2n1C. The van der Waals surface area contributed by atoms with Crippen LogP contribution in [0, 0.1) is 0 Å². The van der Waals surface area contributed by atoms with Gasteiger partial charge in [-0.05, 0) is 12.1 Å². The van der Waals surface area contributed by atoms with E-state index in [4.69, 9.17) is 4.74 Å². The first-order valence-electron chi connectivity index (χ1n) is 6.79. The Labute approximate surface area is 117 Å². The van der Waals surface area contributed by atoms with E-state index >= 15 is 0 Å². The number of ether oxygens (including phenoxy) is 1. The van der Waals surface area contributed by atoms with Crippen LogP contribution in [0.3, 0.4) is 0 Å². The fraction of sp³-hybridized carbons (Fsp3) is 0.400. The number of aryl methyl sites for hydroxylation is 1. The Morgan fingerprint density at radius 1 is 1.40 bits per heavy atom. The molecule has 1 saturated heterocycles. The fourth-order valence-corrected chi connectivity index (χ4v) is 2.80. The van der Waals surface area contributed by atoms with Crippen LogP contribution in [0.1, 0.15) is 10.5 Å². The summed E-state index contributed by atoms with van der Waals surface area (Å²) >= 11 is 0. The molecule has 1 fully saturated rings. The topological polar surface area (TPSA) is 55.3 Å². The normalized spacial score (nSPS) is 22.3. The van der Waals surface area contributed by atoms with Gasteiger partial charge in [0.05, 0.1) is 12.1 Å². The maximum atomic E-state index is 12.4. The van der Waals surface area contributed by atoms with E-state index in [9.17, 15) is 4.79 Å². The van der Waals surface area contributed by atoms with Crippen LogP contribution in [-0.2, 0) is 11.8 Å². The lowest BCUT2D eigenvalue weighted by Gasteiger charge is -2.18. The molecule has 5 nitrogen and oxygen atoms in total. The Hall–Kier alpha value is -1.85. The van der Waals surface area contributed by atoms with Gasteiger partial charge < -0.3 is 19.9 Å². The minimum absolute atomic E-state index is 0.0190. The molecule has 2 heterocycles. The standard InChI is InChI=1S/C15H19N3O2/c1-18-12-6-4-3-5-10(12)7-13(18)15(19)17-11-8-16-9-14(11)20-2/h3-7,11,14,16H,8-9H2,1-2H3,(H,17,19)/t11-,14+/m1/s1. The van der Waals surface area contributed by atoms with Gasteiger partial charge in [0, 0.05) is 38.1 Å². The van der Waals surface area contributed by atoms with Crippen LogP contribution in [0.2, 0.25) is 0 Å². The van der Waals surface area contributed by atoms with Crippen LogP contribution >= 0.6 is 0 Å². The largest absolute Gasteiger partial charge is 0.378 e. The van der Waals surface area contributed by atoms with E-state index in [0.29, 0.717) is 5.69 Å². The summed E-state index contributed by atoms with van der Waals surface area (Å²) < 4.78 is 7.29. The van der Waals surface area contributed by atoms with Gasteiger partial charge in [-0.15, -0.1) is 0 Å². The first kappa shape index (κ1) is 13.1. The van der Waals surface area contributed by atoms with Gasteiger partial charge in [-0.2, -0.15) is 0 Å². The molecule has 1 aromatic heterocycles. The fourth-order valence-electron chi connectivity index (χ4n) is 2.80. The van der Waals surface area contributed by atoms with E-state index in [0.717, 1.165) is 24.0 Å². The number of aromatic nitrogens is 1. The molecule has 0 saturated carbocycles. The van der Waals surface area contributed by atoms with Gasteiger partial charge in [0.25, 0.3) is 5.91 Å². The zero-order chi connectivity index (χ0) is 14.1. The van der Waals surface area contributed by atoms with Crippen molar-refractivity contribution in [3.63, 3.8) is 0 Å². The molecular formula is C15H19N3O2. The molecule has 0 spiro atoms. The Bertz CT molecular complexity index is 635. The highest BCUT2D eigenvalue weighted by Gasteiger charge is 2.29. The van der Waals surface area contributed by atoms with Crippen molar-refractivity contribution in [3.05, 3.63) is 36.0 Å². The molecule has 0 unspecified atom stereocenters. The molecule has 0 bridgehead atoms. The van der Waals surface area contributed by atoms with Crippen molar-refractivity contribution in [2.24, 2.45) is 7.05 Å². The third-order valence-electron chi connectivity index (χ3n) is 3.96. The molecule has 2 aromatic rings. The van der Waals surface area contributed by atoms with Gasteiger partial charge in [-0.3, -0.25) is 4.79 Å². The average molecular weight is 273 g/mol. The molecular weight excluding hydrogens is 254 g/mol. The van der Waals surface area contributed by atoms with Gasteiger partial charge in [-0.25, -0.2) is 0 Å². The lowest BCUT2D eigenvalue weighted by Crippen LogP contribution is -2.44. The predicted octanol–water partition coefficient (Wildman–Crippen LogP) is 0.895. The summed E-state index contributed by atoms with van der Waals surface area (Å²) in [5, 5.41) is 7.35. The summed E-state index contributed by atoms with van der Waals surface area (Å²) in [4.78, 5) is 12.4. The lowest BCUT2D eigenvalue weighted by atomic mass is 10.2. The van der Waals surface area contributed by atoms with E-state index in [1.165, 1.54) is 0 Å². The number of fused-ring (bicyclic) bond motifs is 1. The quantitative estimate of drug-likeness (QED) is 0.873. The minimum atomic E-state index is -0.0561. The molecule has 2 atom stereocenters. The maximum absolute atomic E-state index is 12.4. The van der Waals surface area contributed by atoms with Crippen LogP contribution in [0.25, 0.3) is 10.9 Å². The summed E-state index contributed by atoms with van der Waals surface area (Å²) in [6.07, 6.45) is 0.0358. The van der Waals surface area contributed by atoms with E-state index in [1.54, 1.807) is 7.11 Å². The molecule has 1 aromatic carbocycles. The number of para-hydroxylation sites is 1. The lowest BCUT2D eigenvalue weighted by molar-refractivity contribution is 0.0774. The Morgan fingerprint density at radius 2 is 2.20 bits per heavy atom. The van der Waals surface area contributed by atoms with Gasteiger partial charge >= 0.3 is 0 Å². The molecule has 2 N–H and O–H groups in total. The number of benzene rings is 1. The highest BCUT2D eigenvalue weighted by Crippen LogP contribution is 2.18. The smallest absolute Gasteiger partial charge is 0.268 e. The van der Waals surface area contributed by atoms with Crippen molar-refractivity contribution in [2.45, 2.75) is 12.1 Å². The summed E-state index contributed by atoms with van der Waals surface area (Å²) in [7, 11) is 3.59. The van der Waals surface area contributed by atoms with Crippen LogP contribution in [0.4, 0.5) is 0 Å². The Kier molecular flexibility index (Phi) is 3.46. The average Bonchev–Trinajstić information content (AvgIpc) is 3.04. The molecule has 0 aliphatic carbocycles. The number of amides is 1. The second-order valence-corrected chi connectivity index (χ2v) is 5.16. The van der Waals surface area contributed by atoms with Gasteiger partial charge in [0.15, 0.2) is 0 Å². The monoisotopic (exact) mass is 273 g/mol. The van der Waals surface area contributed by atoms with Crippen molar-refractivity contribution in [3.8, 4) is 0 Å². The highest BCUT2D eigenvalue weighted by atomic mass is 16.5. The number of nitrogens with zero attached hydrogens (tertiary/aromatic N) is 1. The summed E-state index contributed by atoms with van der Waals surface area (Å²) in [5.74, 6) is -0.0561. The second kappa shape index (κ2) is 5.26. The van der Waals surface area contributed by atoms with Gasteiger partial charge in [0.2, 0.25) is 0 Å².